The molecule has 15 heteroatoms. The first kappa shape index (κ1) is 38.3. The van der Waals surface area contributed by atoms with Crippen molar-refractivity contribution in [2.75, 3.05) is 23.9 Å². The first-order chi connectivity index (χ1) is 21.5. The van der Waals surface area contributed by atoms with Gasteiger partial charge in [-0.1, -0.05) is 48.0 Å². The number of halogens is 7. The Bertz CT molecular complexity index is 1730. The molecular formula is C32H33F6IN2O5S. The van der Waals surface area contributed by atoms with Crippen molar-refractivity contribution in [2.45, 2.75) is 57.6 Å². The second kappa shape index (κ2) is 14.1. The van der Waals surface area contributed by atoms with Crippen LogP contribution in [0.5, 0.6) is 0 Å². The predicted octanol–water partition coefficient (Wildman–Crippen LogP) is 7.29. The molecule has 0 heterocycles. The third-order valence-corrected chi connectivity index (χ3v) is 9.21. The summed E-state index contributed by atoms with van der Waals surface area (Å²) in [4.78, 5) is 26.6. The maximum absolute atomic E-state index is 14.4. The van der Waals surface area contributed by atoms with Gasteiger partial charge in [-0.05, 0) is 86.0 Å². The van der Waals surface area contributed by atoms with Crippen molar-refractivity contribution < 1.29 is 49.1 Å². The zero-order valence-electron chi connectivity index (χ0n) is 26.0. The Morgan fingerprint density at radius 1 is 0.872 bits per heavy atom. The number of ether oxygens (including phenoxy) is 1. The molecule has 3 rings (SSSR count). The van der Waals surface area contributed by atoms with Crippen LogP contribution in [-0.4, -0.2) is 56.7 Å². The van der Waals surface area contributed by atoms with Gasteiger partial charge in [0.1, 0.15) is 9.84 Å². The Hall–Kier alpha value is -3.18. The zero-order chi connectivity index (χ0) is 35.6. The maximum atomic E-state index is 14.4. The van der Waals surface area contributed by atoms with E-state index in [9.17, 15) is 44.3 Å². The molecule has 0 aliphatic rings. The molecule has 2 N–H and O–H groups in total. The predicted molar refractivity (Wildman–Crippen MR) is 174 cm³/mol. The zero-order valence-corrected chi connectivity index (χ0v) is 29.0. The molecule has 0 aliphatic carbocycles. The highest BCUT2D eigenvalue weighted by atomic mass is 127. The van der Waals surface area contributed by atoms with Gasteiger partial charge in [-0.15, -0.1) is 0 Å². The van der Waals surface area contributed by atoms with Gasteiger partial charge in [0, 0.05) is 26.6 Å². The van der Waals surface area contributed by atoms with Crippen molar-refractivity contribution >= 4 is 49.9 Å². The van der Waals surface area contributed by atoms with Crippen molar-refractivity contribution in [3.63, 3.8) is 0 Å². The third kappa shape index (κ3) is 9.25. The van der Waals surface area contributed by atoms with E-state index in [1.165, 1.54) is 39.0 Å². The molecule has 3 aromatic rings. The van der Waals surface area contributed by atoms with Crippen LogP contribution >= 0.6 is 22.6 Å². The molecule has 3 aromatic carbocycles. The van der Waals surface area contributed by atoms with Crippen molar-refractivity contribution in [1.82, 2.24) is 5.32 Å². The first-order valence-corrected chi connectivity index (χ1v) is 17.2. The lowest BCUT2D eigenvalue weighted by Crippen LogP contribution is -2.56. The van der Waals surface area contributed by atoms with E-state index < -0.39 is 63.1 Å². The van der Waals surface area contributed by atoms with Gasteiger partial charge in [-0.3, -0.25) is 9.59 Å². The number of aryl methyl sites for hydroxylation is 2. The SMILES string of the molecule is Cc1ccc(CCOC(c2ccc(NC(=O)c3cccc(I)c3C(=O)NC(C)(C)CS(C)(=O)=O)c(C)c2)(C(F)(F)F)C(F)(F)F)cc1. The van der Waals surface area contributed by atoms with Crippen LogP contribution in [0.3, 0.4) is 0 Å². The number of sulfone groups is 1. The normalized spacial score (nSPS) is 12.9. The standard InChI is InChI=1S/C32H33F6IN2O5S/c1-19-9-11-21(12-10-19)15-16-46-30(31(33,34)35,32(36,37)38)22-13-14-25(20(2)17-22)40-27(42)23-7-6-8-24(39)26(23)28(43)41-29(3,4)18-47(5,44)45/h6-14,17H,15-16,18H2,1-5H3,(H,40,42)(H,41,43). The second-order valence-electron chi connectivity index (χ2n) is 11.8. The van der Waals surface area contributed by atoms with Crippen LogP contribution < -0.4 is 10.6 Å². The summed E-state index contributed by atoms with van der Waals surface area (Å²) in [6.45, 7) is 5.09. The van der Waals surface area contributed by atoms with Gasteiger partial charge in [0.15, 0.2) is 0 Å². The van der Waals surface area contributed by atoms with Crippen molar-refractivity contribution in [2.24, 2.45) is 0 Å². The molecule has 0 saturated heterocycles. The van der Waals surface area contributed by atoms with Crippen LogP contribution in [0.2, 0.25) is 0 Å². The van der Waals surface area contributed by atoms with E-state index in [0.29, 0.717) is 21.3 Å². The molecule has 256 valence electrons. The summed E-state index contributed by atoms with van der Waals surface area (Å²) in [5.41, 5.74) is -6.24. The number of benzene rings is 3. The Kier molecular flexibility index (Phi) is 11.5. The third-order valence-electron chi connectivity index (χ3n) is 7.07. The number of carbonyl (C=O) groups excluding carboxylic acids is 2. The largest absolute Gasteiger partial charge is 0.430 e. The lowest BCUT2D eigenvalue weighted by molar-refractivity contribution is -0.389. The number of carbonyl (C=O) groups is 2. The molecule has 0 aliphatic heterocycles. The molecule has 0 aromatic heterocycles. The molecular weight excluding hydrogens is 765 g/mol. The van der Waals surface area contributed by atoms with E-state index in [4.69, 9.17) is 4.74 Å². The first-order valence-electron chi connectivity index (χ1n) is 14.0. The van der Waals surface area contributed by atoms with Crippen molar-refractivity contribution in [1.29, 1.82) is 0 Å². The summed E-state index contributed by atoms with van der Waals surface area (Å²) in [6.07, 6.45) is -11.0. The Morgan fingerprint density at radius 3 is 2.00 bits per heavy atom. The van der Waals surface area contributed by atoms with Gasteiger partial charge >= 0.3 is 12.4 Å². The quantitative estimate of drug-likeness (QED) is 0.157. The van der Waals surface area contributed by atoms with Crippen LogP contribution in [0, 0.1) is 17.4 Å². The van der Waals surface area contributed by atoms with Gasteiger partial charge in [0.05, 0.1) is 23.5 Å². The molecule has 0 radical (unpaired) electrons. The molecule has 47 heavy (non-hydrogen) atoms. The van der Waals surface area contributed by atoms with Crippen molar-refractivity contribution in [3.8, 4) is 0 Å². The highest BCUT2D eigenvalue weighted by molar-refractivity contribution is 14.1. The van der Waals surface area contributed by atoms with Crippen LogP contribution in [0.1, 0.15) is 56.8 Å². The van der Waals surface area contributed by atoms with E-state index in [2.05, 4.69) is 10.6 Å². The smallest absolute Gasteiger partial charge is 0.354 e. The number of amides is 2. The Morgan fingerprint density at radius 2 is 1.47 bits per heavy atom. The van der Waals surface area contributed by atoms with Crippen LogP contribution in [-0.2, 0) is 26.6 Å². The van der Waals surface area contributed by atoms with E-state index >= 15 is 0 Å². The van der Waals surface area contributed by atoms with Crippen molar-refractivity contribution in [3.05, 3.63) is 97.6 Å². The fourth-order valence-electron chi connectivity index (χ4n) is 5.03. The Labute approximate surface area is 282 Å². The molecule has 7 nitrogen and oxygen atoms in total. The van der Waals surface area contributed by atoms with Crippen LogP contribution in [0.25, 0.3) is 0 Å². The van der Waals surface area contributed by atoms with Gasteiger partial charge in [0.25, 0.3) is 17.4 Å². The van der Waals surface area contributed by atoms with E-state index in [-0.39, 0.29) is 28.8 Å². The minimum atomic E-state index is -5.90. The minimum absolute atomic E-state index is 0.100. The number of alkyl halides is 6. The van der Waals surface area contributed by atoms with E-state index in [1.54, 1.807) is 31.2 Å². The highest BCUT2D eigenvalue weighted by Crippen LogP contribution is 2.53. The van der Waals surface area contributed by atoms with E-state index in [0.717, 1.165) is 17.9 Å². The average Bonchev–Trinajstić information content (AvgIpc) is 2.90. The maximum Gasteiger partial charge on any atom is 0.430 e. The molecule has 0 fully saturated rings. The number of hydrogen-bond acceptors (Lipinski definition) is 5. The molecule has 0 bridgehead atoms. The molecule has 2 amide bonds. The van der Waals surface area contributed by atoms with E-state index in [1.807, 2.05) is 22.6 Å². The molecule has 0 atom stereocenters. The fraction of sp³-hybridized carbons (Fsp3) is 0.375. The van der Waals surface area contributed by atoms with Gasteiger partial charge in [0.2, 0.25) is 0 Å². The number of nitrogens with one attached hydrogen (secondary N) is 2. The monoisotopic (exact) mass is 798 g/mol. The summed E-state index contributed by atoms with van der Waals surface area (Å²) in [7, 11) is -3.49. The Balaban J connectivity index is 1.94. The number of anilines is 1. The lowest BCUT2D eigenvalue weighted by atomic mass is 9.90. The summed E-state index contributed by atoms with van der Waals surface area (Å²) < 4.78 is 115. The van der Waals surface area contributed by atoms with Gasteiger partial charge in [-0.25, -0.2) is 8.42 Å². The fourth-order valence-corrected chi connectivity index (χ4v) is 7.16. The lowest BCUT2D eigenvalue weighted by Gasteiger charge is -2.37. The summed E-state index contributed by atoms with van der Waals surface area (Å²) in [6, 6.07) is 13.0. The second-order valence-corrected chi connectivity index (χ2v) is 15.1. The molecule has 0 spiro atoms. The summed E-state index contributed by atoms with van der Waals surface area (Å²) in [5, 5.41) is 5.05. The molecule has 0 unspecified atom stereocenters. The van der Waals surface area contributed by atoms with Gasteiger partial charge in [-0.2, -0.15) is 26.3 Å². The van der Waals surface area contributed by atoms with Gasteiger partial charge < -0.3 is 15.4 Å². The number of rotatable bonds is 11. The average molecular weight is 799 g/mol. The van der Waals surface area contributed by atoms with Crippen LogP contribution in [0.4, 0.5) is 32.0 Å². The highest BCUT2D eigenvalue weighted by Gasteiger charge is 2.73. The van der Waals surface area contributed by atoms with Crippen LogP contribution in [0.15, 0.2) is 60.7 Å². The number of hydrogen-bond donors (Lipinski definition) is 2. The molecule has 0 saturated carbocycles. The summed E-state index contributed by atoms with van der Waals surface area (Å²) >= 11 is 1.81. The topological polar surface area (TPSA) is 102 Å². The minimum Gasteiger partial charge on any atom is -0.354 e. The summed E-state index contributed by atoms with van der Waals surface area (Å²) in [5.74, 6) is -2.03.